The number of hydrogen-bond acceptors (Lipinski definition) is 2. The third-order valence-corrected chi connectivity index (χ3v) is 3.54. The van der Waals surface area contributed by atoms with Crippen LogP contribution in [0, 0.1) is 12.7 Å². The van der Waals surface area contributed by atoms with Crippen molar-refractivity contribution in [3.8, 4) is 0 Å². The van der Waals surface area contributed by atoms with Crippen molar-refractivity contribution in [3.63, 3.8) is 0 Å². The van der Waals surface area contributed by atoms with E-state index >= 15 is 0 Å². The molecule has 0 aliphatic rings. The van der Waals surface area contributed by atoms with Gasteiger partial charge in [-0.25, -0.2) is 4.39 Å². The SMILES string of the molecule is Cc1cc(N)cc(C(=O)Nc2cccc(Cl)c2Cl)c1F. The first kappa shape index (κ1) is 14.6. The van der Waals surface area contributed by atoms with E-state index in [1.54, 1.807) is 18.2 Å². The summed E-state index contributed by atoms with van der Waals surface area (Å²) in [5.74, 6) is -1.25. The molecule has 2 aromatic rings. The highest BCUT2D eigenvalue weighted by Gasteiger charge is 2.16. The Morgan fingerprint density at radius 3 is 2.70 bits per heavy atom. The van der Waals surface area contributed by atoms with Gasteiger partial charge >= 0.3 is 0 Å². The topological polar surface area (TPSA) is 55.1 Å². The summed E-state index contributed by atoms with van der Waals surface area (Å²) in [7, 11) is 0. The number of carbonyl (C=O) groups excluding carboxylic acids is 1. The first-order valence-corrected chi connectivity index (χ1v) is 6.46. The van der Waals surface area contributed by atoms with E-state index < -0.39 is 11.7 Å². The van der Waals surface area contributed by atoms with Gasteiger partial charge in [0.25, 0.3) is 5.91 Å². The summed E-state index contributed by atoms with van der Waals surface area (Å²) in [4.78, 5) is 12.1. The molecular formula is C14H11Cl2FN2O. The lowest BCUT2D eigenvalue weighted by Gasteiger charge is -2.10. The molecule has 20 heavy (non-hydrogen) atoms. The number of carbonyl (C=O) groups is 1. The highest BCUT2D eigenvalue weighted by Crippen LogP contribution is 2.30. The van der Waals surface area contributed by atoms with Crippen molar-refractivity contribution in [2.75, 3.05) is 11.1 Å². The molecule has 104 valence electrons. The summed E-state index contributed by atoms with van der Waals surface area (Å²) in [5.41, 5.74) is 6.40. The molecule has 1 amide bonds. The molecule has 0 saturated carbocycles. The Kier molecular flexibility index (Phi) is 4.16. The van der Waals surface area contributed by atoms with Crippen molar-refractivity contribution in [1.29, 1.82) is 0 Å². The maximum Gasteiger partial charge on any atom is 0.258 e. The molecule has 2 aromatic carbocycles. The fourth-order valence-corrected chi connectivity index (χ4v) is 2.10. The number of rotatable bonds is 2. The average Bonchev–Trinajstić information content (AvgIpc) is 2.39. The zero-order valence-electron chi connectivity index (χ0n) is 10.5. The summed E-state index contributed by atoms with van der Waals surface area (Å²) in [5, 5.41) is 3.01. The highest BCUT2D eigenvalue weighted by molar-refractivity contribution is 6.44. The van der Waals surface area contributed by atoms with Crippen LogP contribution >= 0.6 is 23.2 Å². The number of aryl methyl sites for hydroxylation is 1. The second kappa shape index (κ2) is 5.69. The van der Waals surface area contributed by atoms with Crippen LogP contribution in [0.1, 0.15) is 15.9 Å². The first-order valence-electron chi connectivity index (χ1n) is 5.71. The summed E-state index contributed by atoms with van der Waals surface area (Å²) < 4.78 is 13.9. The normalized spacial score (nSPS) is 10.4. The first-order chi connectivity index (χ1) is 9.40. The zero-order valence-corrected chi connectivity index (χ0v) is 12.0. The van der Waals surface area contributed by atoms with Gasteiger partial charge in [0.15, 0.2) is 0 Å². The van der Waals surface area contributed by atoms with Crippen LogP contribution in [0.25, 0.3) is 0 Å². The van der Waals surface area contributed by atoms with Gasteiger partial charge in [-0.2, -0.15) is 0 Å². The number of hydrogen-bond donors (Lipinski definition) is 2. The van der Waals surface area contributed by atoms with Gasteiger partial charge in [0.1, 0.15) is 5.82 Å². The molecule has 3 N–H and O–H groups in total. The quantitative estimate of drug-likeness (QED) is 0.813. The van der Waals surface area contributed by atoms with Crippen molar-refractivity contribution in [2.45, 2.75) is 6.92 Å². The molecule has 0 fully saturated rings. The minimum Gasteiger partial charge on any atom is -0.399 e. The lowest BCUT2D eigenvalue weighted by Crippen LogP contribution is -2.15. The van der Waals surface area contributed by atoms with Gasteiger partial charge in [-0.15, -0.1) is 0 Å². The predicted octanol–water partition coefficient (Wildman–Crippen LogP) is 4.28. The number of anilines is 2. The van der Waals surface area contributed by atoms with E-state index in [1.165, 1.54) is 19.1 Å². The minimum absolute atomic E-state index is 0.140. The fraction of sp³-hybridized carbons (Fsp3) is 0.0714. The summed E-state index contributed by atoms with van der Waals surface area (Å²) in [6, 6.07) is 7.52. The summed E-state index contributed by atoms with van der Waals surface area (Å²) in [6.45, 7) is 1.54. The monoisotopic (exact) mass is 312 g/mol. The molecule has 0 radical (unpaired) electrons. The van der Waals surface area contributed by atoms with E-state index in [1.807, 2.05) is 0 Å². The van der Waals surface area contributed by atoms with Crippen LogP contribution in [0.5, 0.6) is 0 Å². The average molecular weight is 313 g/mol. The summed E-state index contributed by atoms with van der Waals surface area (Å²) in [6.07, 6.45) is 0. The molecule has 6 heteroatoms. The number of nitrogens with two attached hydrogens (primary N) is 1. The van der Waals surface area contributed by atoms with Crippen molar-refractivity contribution in [2.24, 2.45) is 0 Å². The van der Waals surface area contributed by atoms with E-state index in [2.05, 4.69) is 5.32 Å². The van der Waals surface area contributed by atoms with Crippen LogP contribution in [0.15, 0.2) is 30.3 Å². The van der Waals surface area contributed by atoms with E-state index in [0.29, 0.717) is 22.0 Å². The van der Waals surface area contributed by atoms with E-state index in [4.69, 9.17) is 28.9 Å². The molecule has 0 atom stereocenters. The lowest BCUT2D eigenvalue weighted by atomic mass is 10.1. The Hall–Kier alpha value is -1.78. The van der Waals surface area contributed by atoms with Gasteiger partial charge in [0, 0.05) is 5.69 Å². The van der Waals surface area contributed by atoms with Crippen molar-refractivity contribution in [1.82, 2.24) is 0 Å². The number of nitrogens with one attached hydrogen (secondary N) is 1. The molecule has 0 aliphatic carbocycles. The summed E-state index contributed by atoms with van der Waals surface area (Å²) >= 11 is 11.8. The van der Waals surface area contributed by atoms with Crippen LogP contribution in [0.3, 0.4) is 0 Å². The van der Waals surface area contributed by atoms with Crippen molar-refractivity contribution < 1.29 is 9.18 Å². The molecule has 0 bridgehead atoms. The molecule has 0 saturated heterocycles. The Labute approximate surface area is 125 Å². The second-order valence-electron chi connectivity index (χ2n) is 4.25. The van der Waals surface area contributed by atoms with E-state index in [-0.39, 0.29) is 10.6 Å². The lowest BCUT2D eigenvalue weighted by molar-refractivity contribution is 0.102. The highest BCUT2D eigenvalue weighted by atomic mass is 35.5. The van der Waals surface area contributed by atoms with Gasteiger partial charge in [-0.05, 0) is 36.8 Å². The number of halogens is 3. The fourth-order valence-electron chi connectivity index (χ4n) is 1.75. The third-order valence-electron chi connectivity index (χ3n) is 2.72. The smallest absolute Gasteiger partial charge is 0.258 e. The van der Waals surface area contributed by atoms with Gasteiger partial charge in [0.05, 0.1) is 21.3 Å². The van der Waals surface area contributed by atoms with Crippen LogP contribution in [-0.4, -0.2) is 5.91 Å². The van der Waals surface area contributed by atoms with Gasteiger partial charge < -0.3 is 11.1 Å². The van der Waals surface area contributed by atoms with E-state index in [9.17, 15) is 9.18 Å². The molecule has 0 unspecified atom stereocenters. The van der Waals surface area contributed by atoms with Gasteiger partial charge in [-0.1, -0.05) is 29.3 Å². The Bertz CT molecular complexity index is 689. The second-order valence-corrected chi connectivity index (χ2v) is 5.04. The third kappa shape index (κ3) is 2.86. The van der Waals surface area contributed by atoms with Crippen molar-refractivity contribution >= 4 is 40.5 Å². The zero-order chi connectivity index (χ0) is 14.9. The Morgan fingerprint density at radius 2 is 2.00 bits per heavy atom. The van der Waals surface area contributed by atoms with Crippen LogP contribution in [0.4, 0.5) is 15.8 Å². The molecule has 3 nitrogen and oxygen atoms in total. The van der Waals surface area contributed by atoms with Crippen LogP contribution < -0.4 is 11.1 Å². The predicted molar refractivity (Wildman–Crippen MR) is 80.0 cm³/mol. The standard InChI is InChI=1S/C14H11Cl2FN2O/c1-7-5-8(18)6-9(13(7)17)14(20)19-11-4-2-3-10(15)12(11)16/h2-6H,18H2,1H3,(H,19,20). The van der Waals surface area contributed by atoms with Crippen molar-refractivity contribution in [3.05, 3.63) is 57.3 Å². The van der Waals surface area contributed by atoms with Crippen LogP contribution in [0.2, 0.25) is 10.0 Å². The molecule has 0 heterocycles. The van der Waals surface area contributed by atoms with Gasteiger partial charge in [-0.3, -0.25) is 4.79 Å². The molecular weight excluding hydrogens is 302 g/mol. The minimum atomic E-state index is -0.637. The van der Waals surface area contributed by atoms with Gasteiger partial charge in [0.2, 0.25) is 0 Å². The number of nitrogen functional groups attached to an aromatic ring is 1. The van der Waals surface area contributed by atoms with Crippen LogP contribution in [-0.2, 0) is 0 Å². The maximum atomic E-state index is 13.9. The molecule has 0 spiro atoms. The maximum absolute atomic E-state index is 13.9. The number of amides is 1. The Balaban J connectivity index is 2.36. The number of benzene rings is 2. The Morgan fingerprint density at radius 1 is 1.30 bits per heavy atom. The van der Waals surface area contributed by atoms with E-state index in [0.717, 1.165) is 0 Å². The largest absolute Gasteiger partial charge is 0.399 e. The molecule has 0 aliphatic heterocycles. The molecule has 2 rings (SSSR count). The molecule has 0 aromatic heterocycles.